The van der Waals surface area contributed by atoms with Crippen molar-refractivity contribution >= 4 is 29.9 Å². The second-order valence-corrected chi connectivity index (χ2v) is 5.27. The Morgan fingerprint density at radius 3 is 2.79 bits per heavy atom. The predicted octanol–water partition coefficient (Wildman–Crippen LogP) is 1.32. The summed E-state index contributed by atoms with van der Waals surface area (Å²) in [6.07, 6.45) is 1.32. The molecule has 0 spiro atoms. The minimum Gasteiger partial charge on any atom is -0.484 e. The van der Waals surface area contributed by atoms with Gasteiger partial charge in [0.15, 0.2) is 6.61 Å². The van der Waals surface area contributed by atoms with Gasteiger partial charge in [-0.1, -0.05) is 6.07 Å². The summed E-state index contributed by atoms with van der Waals surface area (Å²) in [7, 11) is 0. The number of carbonyl (C=O) groups excluding carboxylic acids is 2. The van der Waals surface area contributed by atoms with Crippen molar-refractivity contribution in [3.05, 3.63) is 24.3 Å². The Labute approximate surface area is 144 Å². The van der Waals surface area contributed by atoms with Crippen molar-refractivity contribution in [3.8, 4) is 5.75 Å². The molecule has 2 amide bonds. The highest BCUT2D eigenvalue weighted by atomic mass is 35.5. The maximum atomic E-state index is 12.9. The lowest BCUT2D eigenvalue weighted by Gasteiger charge is -2.17. The van der Waals surface area contributed by atoms with Gasteiger partial charge in [-0.25, -0.2) is 8.78 Å². The maximum Gasteiger partial charge on any atom is 0.277 e. The van der Waals surface area contributed by atoms with Crippen LogP contribution in [0.3, 0.4) is 0 Å². The Bertz CT molecular complexity index is 587. The number of benzene rings is 1. The average Bonchev–Trinajstić information content (AvgIpc) is 2.97. The minimum absolute atomic E-state index is 0. The van der Waals surface area contributed by atoms with E-state index in [4.69, 9.17) is 10.5 Å². The zero-order chi connectivity index (χ0) is 16.9. The van der Waals surface area contributed by atoms with Gasteiger partial charge in [0.25, 0.3) is 11.8 Å². The van der Waals surface area contributed by atoms with Crippen molar-refractivity contribution in [1.29, 1.82) is 0 Å². The molecule has 1 aliphatic heterocycles. The molecular weight excluding hydrogens is 344 g/mol. The van der Waals surface area contributed by atoms with E-state index in [9.17, 15) is 18.4 Å². The molecule has 0 atom stereocenters. The topological polar surface area (TPSA) is 84.7 Å². The standard InChI is InChI=1S/C15H19F2N3O3.ClH/c16-15(17,9-18)10-19-13(21)8-23-12-4-1-3-11(7-12)20-6-2-5-14(20)22;/h1,3-4,7H,2,5-6,8-10,18H2,(H,19,21);1H. The molecule has 1 aromatic carbocycles. The zero-order valence-electron chi connectivity index (χ0n) is 13.0. The van der Waals surface area contributed by atoms with E-state index >= 15 is 0 Å². The van der Waals surface area contributed by atoms with Crippen LogP contribution in [0.4, 0.5) is 14.5 Å². The number of alkyl halides is 2. The molecule has 24 heavy (non-hydrogen) atoms. The average molecular weight is 364 g/mol. The van der Waals surface area contributed by atoms with Crippen LogP contribution in [0.25, 0.3) is 0 Å². The third-order valence-electron chi connectivity index (χ3n) is 3.42. The van der Waals surface area contributed by atoms with Gasteiger partial charge in [-0.05, 0) is 18.6 Å². The SMILES string of the molecule is Cl.NCC(F)(F)CNC(=O)COc1cccc(N2CCCC2=O)c1. The van der Waals surface area contributed by atoms with Gasteiger partial charge in [0, 0.05) is 24.7 Å². The third-order valence-corrected chi connectivity index (χ3v) is 3.42. The van der Waals surface area contributed by atoms with Crippen molar-refractivity contribution in [1.82, 2.24) is 5.32 Å². The number of nitrogens with zero attached hydrogens (tertiary/aromatic N) is 1. The van der Waals surface area contributed by atoms with Crippen LogP contribution in [0, 0.1) is 0 Å². The first-order valence-corrected chi connectivity index (χ1v) is 7.29. The van der Waals surface area contributed by atoms with E-state index in [1.165, 1.54) is 0 Å². The Morgan fingerprint density at radius 2 is 2.17 bits per heavy atom. The third kappa shape index (κ3) is 5.61. The van der Waals surface area contributed by atoms with Crippen LogP contribution in [0.5, 0.6) is 5.75 Å². The molecule has 0 bridgehead atoms. The largest absolute Gasteiger partial charge is 0.484 e. The van der Waals surface area contributed by atoms with Gasteiger partial charge in [0.05, 0.1) is 13.1 Å². The van der Waals surface area contributed by atoms with Crippen molar-refractivity contribution in [2.75, 3.05) is 31.1 Å². The van der Waals surface area contributed by atoms with Gasteiger partial charge in [0.1, 0.15) is 5.75 Å². The fraction of sp³-hybridized carbons (Fsp3) is 0.467. The number of hydrogen-bond acceptors (Lipinski definition) is 4. The Balaban J connectivity index is 0.00000288. The molecule has 6 nitrogen and oxygen atoms in total. The first kappa shape index (κ1) is 20.1. The molecule has 0 saturated carbocycles. The van der Waals surface area contributed by atoms with Crippen LogP contribution in [0.1, 0.15) is 12.8 Å². The number of rotatable bonds is 7. The van der Waals surface area contributed by atoms with Gasteiger partial charge in [-0.15, -0.1) is 12.4 Å². The second kappa shape index (κ2) is 8.79. The smallest absolute Gasteiger partial charge is 0.277 e. The highest BCUT2D eigenvalue weighted by Crippen LogP contribution is 2.25. The molecule has 134 valence electrons. The normalized spacial score (nSPS) is 14.3. The highest BCUT2D eigenvalue weighted by Gasteiger charge is 2.27. The van der Waals surface area contributed by atoms with Crippen molar-refractivity contribution < 1.29 is 23.1 Å². The molecule has 1 heterocycles. The molecular formula is C15H20ClF2N3O3. The molecule has 1 aliphatic rings. The Kier molecular flexibility index (Phi) is 7.37. The molecule has 0 aliphatic carbocycles. The summed E-state index contributed by atoms with van der Waals surface area (Å²) in [4.78, 5) is 24.8. The first-order valence-electron chi connectivity index (χ1n) is 7.29. The van der Waals surface area contributed by atoms with E-state index in [1.807, 2.05) is 0 Å². The summed E-state index contributed by atoms with van der Waals surface area (Å²) in [6.45, 7) is -1.40. The number of ether oxygens (including phenoxy) is 1. The van der Waals surface area contributed by atoms with Crippen LogP contribution < -0.4 is 20.7 Å². The molecule has 0 radical (unpaired) electrons. The number of amides is 2. The lowest BCUT2D eigenvalue weighted by atomic mass is 10.3. The van der Waals surface area contributed by atoms with E-state index in [0.717, 1.165) is 6.42 Å². The number of nitrogens with one attached hydrogen (secondary N) is 1. The lowest BCUT2D eigenvalue weighted by Crippen LogP contribution is -2.43. The van der Waals surface area contributed by atoms with Crippen LogP contribution in [0.15, 0.2) is 24.3 Å². The van der Waals surface area contributed by atoms with Crippen molar-refractivity contribution in [2.45, 2.75) is 18.8 Å². The van der Waals surface area contributed by atoms with Crippen molar-refractivity contribution in [2.24, 2.45) is 5.73 Å². The van der Waals surface area contributed by atoms with Crippen LogP contribution in [-0.2, 0) is 9.59 Å². The molecule has 0 aromatic heterocycles. The molecule has 1 fully saturated rings. The fourth-order valence-electron chi connectivity index (χ4n) is 2.16. The van der Waals surface area contributed by atoms with Gasteiger partial charge in [0.2, 0.25) is 5.91 Å². The number of nitrogens with two attached hydrogens (primary N) is 1. The fourth-order valence-corrected chi connectivity index (χ4v) is 2.16. The van der Waals surface area contributed by atoms with Crippen LogP contribution >= 0.6 is 12.4 Å². The quantitative estimate of drug-likeness (QED) is 0.765. The van der Waals surface area contributed by atoms with E-state index in [2.05, 4.69) is 5.32 Å². The first-order chi connectivity index (χ1) is 10.9. The Hall–Kier alpha value is -1.93. The lowest BCUT2D eigenvalue weighted by molar-refractivity contribution is -0.124. The summed E-state index contributed by atoms with van der Waals surface area (Å²) in [6, 6.07) is 6.76. The van der Waals surface area contributed by atoms with Crippen LogP contribution in [-0.4, -0.2) is 44.0 Å². The molecule has 1 aromatic rings. The van der Waals surface area contributed by atoms with Crippen molar-refractivity contribution in [3.63, 3.8) is 0 Å². The molecule has 0 unspecified atom stereocenters. The number of hydrogen-bond donors (Lipinski definition) is 2. The van der Waals surface area contributed by atoms with Gasteiger partial charge >= 0.3 is 0 Å². The summed E-state index contributed by atoms with van der Waals surface area (Å²) < 4.78 is 31.1. The maximum absolute atomic E-state index is 12.9. The monoisotopic (exact) mass is 363 g/mol. The predicted molar refractivity (Wildman–Crippen MR) is 87.8 cm³/mol. The summed E-state index contributed by atoms with van der Waals surface area (Å²) >= 11 is 0. The van der Waals surface area contributed by atoms with E-state index in [0.29, 0.717) is 24.4 Å². The summed E-state index contributed by atoms with van der Waals surface area (Å²) in [5.74, 6) is -3.36. The highest BCUT2D eigenvalue weighted by molar-refractivity contribution is 5.95. The number of halogens is 3. The number of carbonyl (C=O) groups is 2. The van der Waals surface area contributed by atoms with Gasteiger partial charge in [-0.3, -0.25) is 9.59 Å². The van der Waals surface area contributed by atoms with E-state index in [1.54, 1.807) is 29.2 Å². The Morgan fingerprint density at radius 1 is 1.42 bits per heavy atom. The molecule has 1 saturated heterocycles. The van der Waals surface area contributed by atoms with Gasteiger partial charge < -0.3 is 20.7 Å². The summed E-state index contributed by atoms with van der Waals surface area (Å²) in [5, 5.41) is 2.06. The number of anilines is 1. The van der Waals surface area contributed by atoms with Crippen LogP contribution in [0.2, 0.25) is 0 Å². The molecule has 3 N–H and O–H groups in total. The molecule has 2 rings (SSSR count). The zero-order valence-corrected chi connectivity index (χ0v) is 13.8. The minimum atomic E-state index is -3.13. The molecule has 9 heteroatoms. The van der Waals surface area contributed by atoms with Gasteiger partial charge in [-0.2, -0.15) is 0 Å². The summed E-state index contributed by atoms with van der Waals surface area (Å²) in [5.41, 5.74) is 5.57. The van der Waals surface area contributed by atoms with E-state index < -0.39 is 31.5 Å². The second-order valence-electron chi connectivity index (χ2n) is 5.27. The van der Waals surface area contributed by atoms with E-state index in [-0.39, 0.29) is 18.3 Å².